The fourth-order valence-corrected chi connectivity index (χ4v) is 3.03. The van der Waals surface area contributed by atoms with Crippen LogP contribution in [0, 0.1) is 5.92 Å². The van der Waals surface area contributed by atoms with Gasteiger partial charge in [0.25, 0.3) is 0 Å². The summed E-state index contributed by atoms with van der Waals surface area (Å²) in [6, 6.07) is 9.31. The lowest BCUT2D eigenvalue weighted by atomic mass is 9.83. The van der Waals surface area contributed by atoms with E-state index in [-0.39, 0.29) is 6.04 Å². The third-order valence-corrected chi connectivity index (χ3v) is 4.40. The Morgan fingerprint density at radius 3 is 2.83 bits per heavy atom. The van der Waals surface area contributed by atoms with Crippen LogP contribution in [0.15, 0.2) is 24.3 Å². The standard InChI is InChI=1S/C16H26N2/c1-4-12(2)11-18(3)15-10-9-13-7-5-6-8-14(13)16(15)17/h5-8,12,15-16H,4,9-11,17H2,1-3H3. The van der Waals surface area contributed by atoms with Gasteiger partial charge in [-0.1, -0.05) is 44.5 Å². The predicted octanol–water partition coefficient (Wildman–Crippen LogP) is 2.98. The van der Waals surface area contributed by atoms with Crippen LogP contribution in [0.4, 0.5) is 0 Å². The second-order valence-corrected chi connectivity index (χ2v) is 5.78. The summed E-state index contributed by atoms with van der Waals surface area (Å²) >= 11 is 0. The van der Waals surface area contributed by atoms with Gasteiger partial charge in [0.15, 0.2) is 0 Å². The van der Waals surface area contributed by atoms with Crippen molar-refractivity contribution < 1.29 is 0 Å². The van der Waals surface area contributed by atoms with Crippen LogP contribution >= 0.6 is 0 Å². The predicted molar refractivity (Wildman–Crippen MR) is 77.6 cm³/mol. The monoisotopic (exact) mass is 246 g/mol. The Labute approximate surface area is 111 Å². The quantitative estimate of drug-likeness (QED) is 0.885. The van der Waals surface area contributed by atoms with Crippen LogP contribution in [0.1, 0.15) is 43.9 Å². The molecular weight excluding hydrogens is 220 g/mol. The first-order valence-corrected chi connectivity index (χ1v) is 7.17. The molecule has 2 heteroatoms. The molecule has 100 valence electrons. The Morgan fingerprint density at radius 2 is 2.11 bits per heavy atom. The molecular formula is C16H26N2. The van der Waals surface area contributed by atoms with Crippen molar-refractivity contribution in [3.05, 3.63) is 35.4 Å². The Kier molecular flexibility index (Phi) is 4.41. The molecule has 1 aromatic rings. The number of rotatable bonds is 4. The van der Waals surface area contributed by atoms with Crippen molar-refractivity contribution in [3.63, 3.8) is 0 Å². The van der Waals surface area contributed by atoms with Crippen molar-refractivity contribution in [2.45, 2.75) is 45.2 Å². The van der Waals surface area contributed by atoms with Gasteiger partial charge >= 0.3 is 0 Å². The van der Waals surface area contributed by atoms with Crippen LogP contribution in [0.25, 0.3) is 0 Å². The lowest BCUT2D eigenvalue weighted by molar-refractivity contribution is 0.168. The Morgan fingerprint density at radius 1 is 1.39 bits per heavy atom. The average molecular weight is 246 g/mol. The van der Waals surface area contributed by atoms with E-state index in [0.717, 1.165) is 12.5 Å². The van der Waals surface area contributed by atoms with Gasteiger partial charge in [0.2, 0.25) is 0 Å². The van der Waals surface area contributed by atoms with Gasteiger partial charge in [-0.05, 0) is 36.9 Å². The van der Waals surface area contributed by atoms with E-state index in [1.54, 1.807) is 0 Å². The topological polar surface area (TPSA) is 29.3 Å². The van der Waals surface area contributed by atoms with Gasteiger partial charge in [0.05, 0.1) is 0 Å². The summed E-state index contributed by atoms with van der Waals surface area (Å²) in [5.41, 5.74) is 9.26. The molecule has 0 saturated carbocycles. The van der Waals surface area contributed by atoms with Crippen LogP contribution in [0.5, 0.6) is 0 Å². The number of likely N-dealkylation sites (N-methyl/N-ethyl adjacent to an activating group) is 1. The third-order valence-electron chi connectivity index (χ3n) is 4.40. The van der Waals surface area contributed by atoms with Gasteiger partial charge in [0, 0.05) is 18.6 Å². The minimum atomic E-state index is 0.170. The summed E-state index contributed by atoms with van der Waals surface area (Å²) < 4.78 is 0. The molecule has 0 radical (unpaired) electrons. The molecule has 0 spiro atoms. The van der Waals surface area contributed by atoms with Crippen LogP contribution in [0.3, 0.4) is 0 Å². The highest BCUT2D eigenvalue weighted by atomic mass is 15.1. The molecule has 1 aromatic carbocycles. The van der Waals surface area contributed by atoms with Crippen molar-refractivity contribution in [1.82, 2.24) is 4.90 Å². The molecule has 3 atom stereocenters. The van der Waals surface area contributed by atoms with E-state index < -0.39 is 0 Å². The van der Waals surface area contributed by atoms with Gasteiger partial charge in [-0.25, -0.2) is 0 Å². The highest BCUT2D eigenvalue weighted by Crippen LogP contribution is 2.31. The lowest BCUT2D eigenvalue weighted by Gasteiger charge is -2.38. The highest BCUT2D eigenvalue weighted by molar-refractivity contribution is 5.33. The molecule has 0 saturated heterocycles. The van der Waals surface area contributed by atoms with Crippen LogP contribution in [-0.2, 0) is 6.42 Å². The maximum absolute atomic E-state index is 6.47. The highest BCUT2D eigenvalue weighted by Gasteiger charge is 2.29. The van der Waals surface area contributed by atoms with Crippen molar-refractivity contribution >= 4 is 0 Å². The van der Waals surface area contributed by atoms with E-state index in [1.807, 2.05) is 0 Å². The summed E-state index contributed by atoms with van der Waals surface area (Å²) in [5, 5.41) is 0. The van der Waals surface area contributed by atoms with E-state index in [1.165, 1.54) is 30.4 Å². The van der Waals surface area contributed by atoms with Crippen molar-refractivity contribution in [2.75, 3.05) is 13.6 Å². The summed E-state index contributed by atoms with van der Waals surface area (Å²) in [4.78, 5) is 2.47. The van der Waals surface area contributed by atoms with Gasteiger partial charge < -0.3 is 10.6 Å². The largest absolute Gasteiger partial charge is 0.323 e. The number of hydrogen-bond acceptors (Lipinski definition) is 2. The number of nitrogens with zero attached hydrogens (tertiary/aromatic N) is 1. The second-order valence-electron chi connectivity index (χ2n) is 5.78. The SMILES string of the molecule is CCC(C)CN(C)C1CCc2ccccc2C1N. The first kappa shape index (κ1) is 13.6. The minimum absolute atomic E-state index is 0.170. The normalized spacial score (nSPS) is 24.9. The number of fused-ring (bicyclic) bond motifs is 1. The maximum atomic E-state index is 6.47. The number of nitrogens with two attached hydrogens (primary N) is 1. The molecule has 2 rings (SSSR count). The van der Waals surface area contributed by atoms with Crippen molar-refractivity contribution in [2.24, 2.45) is 11.7 Å². The Bertz CT molecular complexity index is 388. The van der Waals surface area contributed by atoms with Gasteiger partial charge in [-0.15, -0.1) is 0 Å². The van der Waals surface area contributed by atoms with E-state index in [0.29, 0.717) is 6.04 Å². The number of benzene rings is 1. The molecule has 0 amide bonds. The molecule has 0 heterocycles. The molecule has 2 nitrogen and oxygen atoms in total. The lowest BCUT2D eigenvalue weighted by Crippen LogP contribution is -2.44. The maximum Gasteiger partial charge on any atom is 0.0455 e. The van der Waals surface area contributed by atoms with Gasteiger partial charge in [-0.2, -0.15) is 0 Å². The summed E-state index contributed by atoms with van der Waals surface area (Å²) in [5.74, 6) is 0.749. The van der Waals surface area contributed by atoms with E-state index in [2.05, 4.69) is 50.1 Å². The summed E-state index contributed by atoms with van der Waals surface area (Å²) in [7, 11) is 2.23. The fraction of sp³-hybridized carbons (Fsp3) is 0.625. The minimum Gasteiger partial charge on any atom is -0.323 e. The van der Waals surface area contributed by atoms with E-state index >= 15 is 0 Å². The van der Waals surface area contributed by atoms with Crippen LogP contribution < -0.4 is 5.73 Å². The summed E-state index contributed by atoms with van der Waals surface area (Å²) in [6.07, 6.45) is 3.59. The van der Waals surface area contributed by atoms with Gasteiger partial charge in [-0.3, -0.25) is 0 Å². The third kappa shape index (κ3) is 2.76. The van der Waals surface area contributed by atoms with Crippen molar-refractivity contribution in [3.8, 4) is 0 Å². The van der Waals surface area contributed by atoms with Crippen molar-refractivity contribution in [1.29, 1.82) is 0 Å². The molecule has 18 heavy (non-hydrogen) atoms. The Balaban J connectivity index is 2.09. The zero-order chi connectivity index (χ0) is 13.1. The zero-order valence-electron chi connectivity index (χ0n) is 11.9. The number of aryl methyl sites for hydroxylation is 1. The molecule has 3 unspecified atom stereocenters. The van der Waals surface area contributed by atoms with E-state index in [4.69, 9.17) is 5.73 Å². The molecule has 0 bridgehead atoms. The van der Waals surface area contributed by atoms with Crippen LogP contribution in [0.2, 0.25) is 0 Å². The van der Waals surface area contributed by atoms with E-state index in [9.17, 15) is 0 Å². The average Bonchev–Trinajstić information content (AvgIpc) is 2.39. The smallest absolute Gasteiger partial charge is 0.0455 e. The second kappa shape index (κ2) is 5.85. The molecule has 1 aliphatic carbocycles. The van der Waals surface area contributed by atoms with Crippen LogP contribution in [-0.4, -0.2) is 24.5 Å². The zero-order valence-corrected chi connectivity index (χ0v) is 11.9. The summed E-state index contributed by atoms with van der Waals surface area (Å²) in [6.45, 7) is 5.73. The molecule has 2 N–H and O–H groups in total. The fourth-order valence-electron chi connectivity index (χ4n) is 3.03. The molecule has 0 aliphatic heterocycles. The first-order valence-electron chi connectivity index (χ1n) is 7.17. The Hall–Kier alpha value is -0.860. The number of hydrogen-bond donors (Lipinski definition) is 1. The molecule has 1 aliphatic rings. The molecule has 0 aromatic heterocycles. The van der Waals surface area contributed by atoms with Gasteiger partial charge in [0.1, 0.15) is 0 Å². The first-order chi connectivity index (χ1) is 8.63. The molecule has 0 fully saturated rings.